The summed E-state index contributed by atoms with van der Waals surface area (Å²) >= 11 is 0. The number of carbonyl (C=O) groups excluding carboxylic acids is 1. The highest BCUT2D eigenvalue weighted by Crippen LogP contribution is 2.09. The van der Waals surface area contributed by atoms with Crippen LogP contribution in [0.4, 0.5) is 0 Å². The van der Waals surface area contributed by atoms with Crippen molar-refractivity contribution in [2.75, 3.05) is 33.9 Å². The summed E-state index contributed by atoms with van der Waals surface area (Å²) in [6.45, 7) is 2.73. The van der Waals surface area contributed by atoms with Gasteiger partial charge in [-0.05, 0) is 25.8 Å². The monoisotopic (exact) mass is 250 g/mol. The molecule has 1 N–H and O–H groups in total. The van der Waals surface area contributed by atoms with Crippen LogP contribution in [0.5, 0.6) is 0 Å². The smallest absolute Gasteiger partial charge is 0.222 e. The Morgan fingerprint density at radius 1 is 1.50 bits per heavy atom. The molecular weight excluding hydrogens is 228 g/mol. The van der Waals surface area contributed by atoms with Crippen molar-refractivity contribution >= 4 is 18.3 Å². The van der Waals surface area contributed by atoms with Crippen molar-refractivity contribution in [3.8, 4) is 0 Å². The van der Waals surface area contributed by atoms with Gasteiger partial charge in [-0.1, -0.05) is 0 Å². The lowest BCUT2D eigenvalue weighted by molar-refractivity contribution is -0.131. The lowest BCUT2D eigenvalue weighted by Gasteiger charge is -2.23. The first-order valence-electron chi connectivity index (χ1n) is 5.71. The Kier molecular flexibility index (Phi) is 8.61. The average Bonchev–Trinajstić information content (AvgIpc) is 2.76. The van der Waals surface area contributed by atoms with Gasteiger partial charge in [-0.3, -0.25) is 4.79 Å². The second-order valence-electron chi connectivity index (χ2n) is 4.10. The van der Waals surface area contributed by atoms with E-state index >= 15 is 0 Å². The minimum Gasteiger partial charge on any atom is -0.385 e. The summed E-state index contributed by atoms with van der Waals surface area (Å²) in [5, 5.41) is 3.27. The number of amides is 1. The van der Waals surface area contributed by atoms with Gasteiger partial charge in [0.25, 0.3) is 0 Å². The van der Waals surface area contributed by atoms with Crippen LogP contribution in [0.1, 0.15) is 25.7 Å². The van der Waals surface area contributed by atoms with E-state index in [4.69, 9.17) is 4.74 Å². The van der Waals surface area contributed by atoms with Crippen LogP contribution >= 0.6 is 12.4 Å². The summed E-state index contributed by atoms with van der Waals surface area (Å²) in [7, 11) is 3.61. The number of nitrogens with one attached hydrogen (secondary N) is 1. The van der Waals surface area contributed by atoms with Gasteiger partial charge >= 0.3 is 0 Å². The zero-order chi connectivity index (χ0) is 11.1. The maximum absolute atomic E-state index is 11.8. The maximum atomic E-state index is 11.8. The Hall–Kier alpha value is -0.320. The first kappa shape index (κ1) is 15.7. The molecule has 0 bridgehead atoms. The third kappa shape index (κ3) is 5.14. The molecule has 0 saturated carbocycles. The van der Waals surface area contributed by atoms with Gasteiger partial charge in [-0.15, -0.1) is 12.4 Å². The highest BCUT2D eigenvalue weighted by atomic mass is 35.5. The third-order valence-corrected chi connectivity index (χ3v) is 2.96. The van der Waals surface area contributed by atoms with Gasteiger partial charge < -0.3 is 15.0 Å². The molecule has 4 nitrogen and oxygen atoms in total. The van der Waals surface area contributed by atoms with E-state index in [-0.39, 0.29) is 18.3 Å². The van der Waals surface area contributed by atoms with E-state index < -0.39 is 0 Å². The van der Waals surface area contributed by atoms with E-state index in [1.807, 2.05) is 11.9 Å². The van der Waals surface area contributed by atoms with E-state index in [2.05, 4.69) is 5.32 Å². The SMILES string of the molecule is COCCCCC(=O)N(C)C1CCNC1.Cl. The van der Waals surface area contributed by atoms with Crippen LogP contribution in [-0.4, -0.2) is 50.7 Å². The number of halogens is 1. The Balaban J connectivity index is 0.00000225. The number of likely N-dealkylation sites (N-methyl/N-ethyl adjacent to an activating group) is 1. The van der Waals surface area contributed by atoms with E-state index in [1.54, 1.807) is 7.11 Å². The molecule has 5 heteroatoms. The summed E-state index contributed by atoms with van der Waals surface area (Å²) in [5.41, 5.74) is 0. The topological polar surface area (TPSA) is 41.6 Å². The molecule has 96 valence electrons. The van der Waals surface area contributed by atoms with Crippen LogP contribution in [0.3, 0.4) is 0 Å². The van der Waals surface area contributed by atoms with Crippen molar-refractivity contribution < 1.29 is 9.53 Å². The van der Waals surface area contributed by atoms with Crippen molar-refractivity contribution in [1.82, 2.24) is 10.2 Å². The molecule has 1 rings (SSSR count). The second kappa shape index (κ2) is 8.79. The molecule has 0 aromatic rings. The average molecular weight is 251 g/mol. The number of carbonyl (C=O) groups is 1. The summed E-state index contributed by atoms with van der Waals surface area (Å²) in [4.78, 5) is 13.6. The Bertz CT molecular complexity index is 196. The molecule has 1 amide bonds. The second-order valence-corrected chi connectivity index (χ2v) is 4.10. The molecule has 0 spiro atoms. The molecule has 1 saturated heterocycles. The van der Waals surface area contributed by atoms with Gasteiger partial charge in [0.2, 0.25) is 5.91 Å². The van der Waals surface area contributed by atoms with Gasteiger partial charge in [0.1, 0.15) is 0 Å². The minimum absolute atomic E-state index is 0. The lowest BCUT2D eigenvalue weighted by atomic mass is 10.2. The lowest BCUT2D eigenvalue weighted by Crippen LogP contribution is -2.38. The van der Waals surface area contributed by atoms with E-state index in [1.165, 1.54) is 0 Å². The fourth-order valence-electron chi connectivity index (χ4n) is 1.87. The first-order valence-corrected chi connectivity index (χ1v) is 5.71. The molecular formula is C11H23ClN2O2. The van der Waals surface area contributed by atoms with Crippen LogP contribution in [0.15, 0.2) is 0 Å². The molecule has 1 aliphatic heterocycles. The molecule has 1 fully saturated rings. The van der Waals surface area contributed by atoms with E-state index in [0.29, 0.717) is 12.5 Å². The van der Waals surface area contributed by atoms with Crippen molar-refractivity contribution in [2.24, 2.45) is 0 Å². The largest absolute Gasteiger partial charge is 0.385 e. The minimum atomic E-state index is 0. The number of hydrogen-bond donors (Lipinski definition) is 1. The summed E-state index contributed by atoms with van der Waals surface area (Å²) in [6.07, 6.45) is 3.63. The predicted molar refractivity (Wildman–Crippen MR) is 67.0 cm³/mol. The number of ether oxygens (including phenoxy) is 1. The molecule has 1 unspecified atom stereocenters. The zero-order valence-electron chi connectivity index (χ0n) is 10.2. The number of hydrogen-bond acceptors (Lipinski definition) is 3. The molecule has 16 heavy (non-hydrogen) atoms. The summed E-state index contributed by atoms with van der Waals surface area (Å²) < 4.78 is 4.95. The molecule has 1 heterocycles. The van der Waals surface area contributed by atoms with Crippen molar-refractivity contribution in [3.05, 3.63) is 0 Å². The Labute approximate surface area is 104 Å². The molecule has 1 atom stereocenters. The van der Waals surface area contributed by atoms with Crippen LogP contribution in [-0.2, 0) is 9.53 Å². The van der Waals surface area contributed by atoms with E-state index in [9.17, 15) is 4.79 Å². The number of rotatable bonds is 6. The number of nitrogens with zero attached hydrogens (tertiary/aromatic N) is 1. The summed E-state index contributed by atoms with van der Waals surface area (Å²) in [6, 6.07) is 0.403. The molecule has 0 aliphatic carbocycles. The van der Waals surface area contributed by atoms with Gasteiger partial charge in [-0.25, -0.2) is 0 Å². The predicted octanol–water partition coefficient (Wildman–Crippen LogP) is 1.05. The Morgan fingerprint density at radius 3 is 2.81 bits per heavy atom. The summed E-state index contributed by atoms with van der Waals surface area (Å²) in [5.74, 6) is 0.264. The van der Waals surface area contributed by atoms with Gasteiger partial charge in [0.15, 0.2) is 0 Å². The normalized spacial score (nSPS) is 19.2. The van der Waals surface area contributed by atoms with E-state index in [0.717, 1.165) is 39.0 Å². The number of unbranched alkanes of at least 4 members (excludes halogenated alkanes) is 1. The third-order valence-electron chi connectivity index (χ3n) is 2.96. The standard InChI is InChI=1S/C11H22N2O2.ClH/c1-13(10-6-7-12-9-10)11(14)5-3-4-8-15-2;/h10,12H,3-9H2,1-2H3;1H. The van der Waals surface area contributed by atoms with Crippen molar-refractivity contribution in [3.63, 3.8) is 0 Å². The van der Waals surface area contributed by atoms with Crippen molar-refractivity contribution in [2.45, 2.75) is 31.7 Å². The van der Waals surface area contributed by atoms with Crippen LogP contribution in [0.2, 0.25) is 0 Å². The van der Waals surface area contributed by atoms with Crippen LogP contribution < -0.4 is 5.32 Å². The highest BCUT2D eigenvalue weighted by Gasteiger charge is 2.22. The zero-order valence-corrected chi connectivity index (χ0v) is 11.0. The first-order chi connectivity index (χ1) is 7.25. The molecule has 0 aromatic heterocycles. The number of methoxy groups -OCH3 is 1. The Morgan fingerprint density at radius 2 is 2.25 bits per heavy atom. The molecule has 0 aromatic carbocycles. The van der Waals surface area contributed by atoms with Gasteiger partial charge in [0.05, 0.1) is 0 Å². The molecule has 0 radical (unpaired) electrons. The fourth-order valence-corrected chi connectivity index (χ4v) is 1.87. The van der Waals surface area contributed by atoms with Gasteiger partial charge in [0, 0.05) is 39.8 Å². The van der Waals surface area contributed by atoms with Crippen LogP contribution in [0, 0.1) is 0 Å². The quantitative estimate of drug-likeness (QED) is 0.717. The van der Waals surface area contributed by atoms with Gasteiger partial charge in [-0.2, -0.15) is 0 Å². The highest BCUT2D eigenvalue weighted by molar-refractivity contribution is 5.85. The van der Waals surface area contributed by atoms with Crippen molar-refractivity contribution in [1.29, 1.82) is 0 Å². The fraction of sp³-hybridized carbons (Fsp3) is 0.909. The molecule has 1 aliphatic rings. The van der Waals surface area contributed by atoms with Crippen LogP contribution in [0.25, 0.3) is 0 Å². The maximum Gasteiger partial charge on any atom is 0.222 e.